The number of benzene rings is 2. The maximum Gasteiger partial charge on any atom is 0.261 e. The van der Waals surface area contributed by atoms with Crippen molar-refractivity contribution in [2.45, 2.75) is 30.7 Å². The van der Waals surface area contributed by atoms with Gasteiger partial charge in [-0.05, 0) is 54.2 Å². The fourth-order valence-corrected chi connectivity index (χ4v) is 3.87. The van der Waals surface area contributed by atoms with Crippen molar-refractivity contribution >= 4 is 15.7 Å². The Labute approximate surface area is 125 Å². The predicted molar refractivity (Wildman–Crippen MR) is 83.6 cm³/mol. The average Bonchev–Trinajstić information content (AvgIpc) is 2.95. The van der Waals surface area contributed by atoms with Crippen molar-refractivity contribution in [3.63, 3.8) is 0 Å². The third-order valence-electron chi connectivity index (χ3n) is 3.86. The van der Waals surface area contributed by atoms with Gasteiger partial charge in [-0.2, -0.15) is 0 Å². The van der Waals surface area contributed by atoms with Crippen LogP contribution in [-0.2, 0) is 29.4 Å². The number of fused-ring (bicyclic) bond motifs is 1. The highest BCUT2D eigenvalue weighted by Gasteiger charge is 2.19. The quantitative estimate of drug-likeness (QED) is 0.911. The zero-order chi connectivity index (χ0) is 14.9. The smallest absolute Gasteiger partial charge is 0.261 e. The van der Waals surface area contributed by atoms with Crippen molar-refractivity contribution in [3.8, 4) is 0 Å². The van der Waals surface area contributed by atoms with Crippen LogP contribution in [0, 0.1) is 0 Å². The molecule has 5 heteroatoms. The van der Waals surface area contributed by atoms with Gasteiger partial charge in [0.15, 0.2) is 0 Å². The van der Waals surface area contributed by atoms with E-state index in [0.29, 0.717) is 17.1 Å². The van der Waals surface area contributed by atoms with E-state index in [1.807, 2.05) is 18.2 Å². The molecule has 1 aliphatic carbocycles. The van der Waals surface area contributed by atoms with Crippen molar-refractivity contribution in [1.82, 2.24) is 0 Å². The first-order valence-corrected chi connectivity index (χ1v) is 8.51. The Kier molecular flexibility index (Phi) is 3.69. The minimum atomic E-state index is -3.57. The molecule has 3 N–H and O–H groups in total. The molecule has 0 bridgehead atoms. The summed E-state index contributed by atoms with van der Waals surface area (Å²) in [6, 6.07) is 12.6. The number of rotatable bonds is 4. The van der Waals surface area contributed by atoms with Crippen molar-refractivity contribution in [2.75, 3.05) is 4.72 Å². The largest absolute Gasteiger partial charge is 0.326 e. The number of hydrogen-bond acceptors (Lipinski definition) is 3. The molecule has 3 rings (SSSR count). The molecular weight excluding hydrogens is 284 g/mol. The van der Waals surface area contributed by atoms with Gasteiger partial charge in [0, 0.05) is 6.54 Å². The Bertz CT molecular complexity index is 770. The van der Waals surface area contributed by atoms with Crippen LogP contribution < -0.4 is 10.5 Å². The van der Waals surface area contributed by atoms with Gasteiger partial charge >= 0.3 is 0 Å². The molecular formula is C16H18N2O2S. The molecule has 0 saturated heterocycles. The molecule has 0 aromatic heterocycles. The highest BCUT2D eigenvalue weighted by Crippen LogP contribution is 2.26. The molecule has 21 heavy (non-hydrogen) atoms. The van der Waals surface area contributed by atoms with Gasteiger partial charge in [-0.15, -0.1) is 0 Å². The van der Waals surface area contributed by atoms with E-state index in [2.05, 4.69) is 4.72 Å². The molecule has 0 saturated carbocycles. The first-order valence-electron chi connectivity index (χ1n) is 7.03. The lowest BCUT2D eigenvalue weighted by atomic mass is 10.1. The van der Waals surface area contributed by atoms with Gasteiger partial charge in [-0.3, -0.25) is 4.72 Å². The summed E-state index contributed by atoms with van der Waals surface area (Å²) >= 11 is 0. The summed E-state index contributed by atoms with van der Waals surface area (Å²) in [5.74, 6) is 0. The Hall–Kier alpha value is -1.85. The van der Waals surface area contributed by atoms with E-state index in [0.717, 1.165) is 30.4 Å². The lowest BCUT2D eigenvalue weighted by Crippen LogP contribution is -2.15. The van der Waals surface area contributed by atoms with E-state index in [-0.39, 0.29) is 0 Å². The van der Waals surface area contributed by atoms with Gasteiger partial charge in [0.2, 0.25) is 0 Å². The number of para-hydroxylation sites is 1. The standard InChI is InChI=1S/C16H18N2O2S/c17-11-14-4-1-2-7-16(14)18-21(19,20)15-9-8-12-5-3-6-13(12)10-15/h1-2,4,7-10,18H,3,5-6,11,17H2. The summed E-state index contributed by atoms with van der Waals surface area (Å²) in [6.07, 6.45) is 3.10. The zero-order valence-electron chi connectivity index (χ0n) is 11.7. The molecule has 0 unspecified atom stereocenters. The van der Waals surface area contributed by atoms with Crippen LogP contribution >= 0.6 is 0 Å². The molecule has 0 amide bonds. The molecule has 0 radical (unpaired) electrons. The molecule has 0 aliphatic heterocycles. The van der Waals surface area contributed by atoms with E-state index in [1.165, 1.54) is 5.56 Å². The second kappa shape index (κ2) is 5.50. The van der Waals surface area contributed by atoms with Crippen LogP contribution in [0.15, 0.2) is 47.4 Å². The zero-order valence-corrected chi connectivity index (χ0v) is 12.5. The van der Waals surface area contributed by atoms with Crippen LogP contribution in [0.25, 0.3) is 0 Å². The number of hydrogen-bond donors (Lipinski definition) is 2. The number of nitrogens with two attached hydrogens (primary N) is 1. The molecule has 0 spiro atoms. The van der Waals surface area contributed by atoms with Crippen molar-refractivity contribution in [2.24, 2.45) is 5.73 Å². The number of nitrogens with one attached hydrogen (secondary N) is 1. The van der Waals surface area contributed by atoms with Crippen LogP contribution in [0.3, 0.4) is 0 Å². The summed E-state index contributed by atoms with van der Waals surface area (Å²) in [4.78, 5) is 0.315. The molecule has 0 heterocycles. The lowest BCUT2D eigenvalue weighted by molar-refractivity contribution is 0.601. The SMILES string of the molecule is NCc1ccccc1NS(=O)(=O)c1ccc2c(c1)CCC2. The van der Waals surface area contributed by atoms with Crippen LogP contribution in [0.5, 0.6) is 0 Å². The van der Waals surface area contributed by atoms with Crippen LogP contribution in [-0.4, -0.2) is 8.42 Å². The minimum absolute atomic E-state index is 0.295. The lowest BCUT2D eigenvalue weighted by Gasteiger charge is -2.12. The van der Waals surface area contributed by atoms with E-state index in [4.69, 9.17) is 5.73 Å². The number of anilines is 1. The van der Waals surface area contributed by atoms with E-state index >= 15 is 0 Å². The molecule has 0 atom stereocenters. The minimum Gasteiger partial charge on any atom is -0.326 e. The topological polar surface area (TPSA) is 72.2 Å². The Morgan fingerprint density at radius 2 is 1.81 bits per heavy atom. The number of aryl methyl sites for hydroxylation is 2. The Morgan fingerprint density at radius 1 is 1.05 bits per heavy atom. The second-order valence-corrected chi connectivity index (χ2v) is 6.93. The van der Waals surface area contributed by atoms with Gasteiger partial charge in [0.1, 0.15) is 0 Å². The highest BCUT2D eigenvalue weighted by atomic mass is 32.2. The summed E-state index contributed by atoms with van der Waals surface area (Å²) < 4.78 is 27.7. The first-order chi connectivity index (χ1) is 10.1. The summed E-state index contributed by atoms with van der Waals surface area (Å²) in [6.45, 7) is 0.295. The Morgan fingerprint density at radius 3 is 2.62 bits per heavy atom. The molecule has 2 aromatic rings. The van der Waals surface area contributed by atoms with E-state index in [9.17, 15) is 8.42 Å². The van der Waals surface area contributed by atoms with Crippen molar-refractivity contribution in [3.05, 3.63) is 59.2 Å². The summed E-state index contributed by atoms with van der Waals surface area (Å²) in [5.41, 5.74) is 9.37. The third-order valence-corrected chi connectivity index (χ3v) is 5.23. The predicted octanol–water partition coefficient (Wildman–Crippen LogP) is 2.43. The van der Waals surface area contributed by atoms with E-state index < -0.39 is 10.0 Å². The van der Waals surface area contributed by atoms with Crippen LogP contribution in [0.4, 0.5) is 5.69 Å². The van der Waals surface area contributed by atoms with E-state index in [1.54, 1.807) is 24.3 Å². The van der Waals surface area contributed by atoms with Gasteiger partial charge in [-0.25, -0.2) is 8.42 Å². The first kappa shape index (κ1) is 14.1. The monoisotopic (exact) mass is 302 g/mol. The van der Waals surface area contributed by atoms with Gasteiger partial charge in [-0.1, -0.05) is 24.3 Å². The molecule has 0 fully saturated rings. The maximum absolute atomic E-state index is 12.5. The molecule has 110 valence electrons. The third kappa shape index (κ3) is 2.80. The maximum atomic E-state index is 12.5. The second-order valence-electron chi connectivity index (χ2n) is 5.25. The normalized spacial score (nSPS) is 14.0. The van der Waals surface area contributed by atoms with Gasteiger partial charge < -0.3 is 5.73 Å². The molecule has 2 aromatic carbocycles. The molecule has 4 nitrogen and oxygen atoms in total. The highest BCUT2D eigenvalue weighted by molar-refractivity contribution is 7.92. The summed E-state index contributed by atoms with van der Waals surface area (Å²) in [5, 5.41) is 0. The molecule has 1 aliphatic rings. The number of sulfonamides is 1. The van der Waals surface area contributed by atoms with Gasteiger partial charge in [0.25, 0.3) is 10.0 Å². The van der Waals surface area contributed by atoms with Crippen LogP contribution in [0.1, 0.15) is 23.1 Å². The van der Waals surface area contributed by atoms with Gasteiger partial charge in [0.05, 0.1) is 10.6 Å². The van der Waals surface area contributed by atoms with Crippen LogP contribution in [0.2, 0.25) is 0 Å². The average molecular weight is 302 g/mol. The van der Waals surface area contributed by atoms with Crippen molar-refractivity contribution < 1.29 is 8.42 Å². The fourth-order valence-electron chi connectivity index (χ4n) is 2.72. The Balaban J connectivity index is 1.94. The summed E-state index contributed by atoms with van der Waals surface area (Å²) in [7, 11) is -3.57. The fraction of sp³-hybridized carbons (Fsp3) is 0.250. The van der Waals surface area contributed by atoms with Crippen molar-refractivity contribution in [1.29, 1.82) is 0 Å².